The maximum Gasteiger partial charge on any atom is 0.266 e. The topological polar surface area (TPSA) is 64.0 Å². The summed E-state index contributed by atoms with van der Waals surface area (Å²) in [6, 6.07) is 20.9. The molecule has 1 aromatic heterocycles. The van der Waals surface area contributed by atoms with Gasteiger partial charge in [-0.25, -0.2) is 4.98 Å². The molecular formula is C26H24BrN3O2S. The van der Waals surface area contributed by atoms with Crippen LogP contribution >= 0.6 is 27.7 Å². The lowest BCUT2D eigenvalue weighted by Crippen LogP contribution is -2.24. The number of hydrogen-bond acceptors (Lipinski definition) is 4. The van der Waals surface area contributed by atoms with Gasteiger partial charge in [0.15, 0.2) is 5.16 Å². The molecule has 1 N–H and O–H groups in total. The Bertz CT molecular complexity index is 1400. The van der Waals surface area contributed by atoms with Gasteiger partial charge in [-0.1, -0.05) is 62.0 Å². The Balaban J connectivity index is 1.72. The molecule has 0 saturated carbocycles. The third kappa shape index (κ3) is 5.04. The molecule has 0 aliphatic carbocycles. The fourth-order valence-corrected chi connectivity index (χ4v) is 5.04. The van der Waals surface area contributed by atoms with Gasteiger partial charge in [-0.2, -0.15) is 0 Å². The Hall–Kier alpha value is -2.90. The van der Waals surface area contributed by atoms with Crippen molar-refractivity contribution in [1.82, 2.24) is 9.55 Å². The van der Waals surface area contributed by atoms with Crippen LogP contribution in [-0.2, 0) is 4.79 Å². The van der Waals surface area contributed by atoms with Gasteiger partial charge >= 0.3 is 0 Å². The van der Waals surface area contributed by atoms with Crippen LogP contribution in [0.2, 0.25) is 0 Å². The molecule has 168 valence electrons. The van der Waals surface area contributed by atoms with E-state index >= 15 is 0 Å². The molecule has 0 radical (unpaired) electrons. The molecule has 0 atom stereocenters. The molecule has 0 aliphatic rings. The van der Waals surface area contributed by atoms with E-state index in [0.717, 1.165) is 21.3 Å². The molecule has 5 nitrogen and oxygen atoms in total. The zero-order valence-corrected chi connectivity index (χ0v) is 21.0. The van der Waals surface area contributed by atoms with E-state index < -0.39 is 0 Å². The van der Waals surface area contributed by atoms with Gasteiger partial charge in [0.1, 0.15) is 0 Å². The zero-order valence-electron chi connectivity index (χ0n) is 18.6. The summed E-state index contributed by atoms with van der Waals surface area (Å²) in [6.45, 7) is 6.18. The standard InChI is InChI=1S/C26H24BrN3O2S/c1-16(2)18-8-5-7-11-23(18)30-25(32)19-9-4-6-10-21(19)29-26(30)33-15-24(31)28-22-13-12-17(3)14-20(22)27/h4-14,16H,15H2,1-3H3,(H,28,31). The van der Waals surface area contributed by atoms with Crippen LogP contribution in [-0.4, -0.2) is 21.2 Å². The van der Waals surface area contributed by atoms with Crippen molar-refractivity contribution in [3.05, 3.63) is 92.7 Å². The number of benzene rings is 3. The molecular weight excluding hydrogens is 498 g/mol. The summed E-state index contributed by atoms with van der Waals surface area (Å²) in [5.41, 5.74) is 4.12. The van der Waals surface area contributed by atoms with Crippen molar-refractivity contribution in [2.24, 2.45) is 0 Å². The number of fused-ring (bicyclic) bond motifs is 1. The number of thioether (sulfide) groups is 1. The number of aromatic nitrogens is 2. The lowest BCUT2D eigenvalue weighted by molar-refractivity contribution is -0.113. The van der Waals surface area contributed by atoms with E-state index in [9.17, 15) is 9.59 Å². The van der Waals surface area contributed by atoms with E-state index in [0.29, 0.717) is 21.7 Å². The molecule has 0 fully saturated rings. The molecule has 1 amide bonds. The first kappa shape index (κ1) is 23.3. The van der Waals surface area contributed by atoms with Crippen LogP contribution in [0.4, 0.5) is 5.69 Å². The van der Waals surface area contributed by atoms with Crippen molar-refractivity contribution in [3.63, 3.8) is 0 Å². The Labute approximate surface area is 205 Å². The van der Waals surface area contributed by atoms with Crippen molar-refractivity contribution in [2.75, 3.05) is 11.1 Å². The molecule has 0 unspecified atom stereocenters. The molecule has 4 aromatic rings. The minimum atomic E-state index is -0.171. The number of anilines is 1. The Kier molecular flexibility index (Phi) is 7.00. The first-order valence-corrected chi connectivity index (χ1v) is 12.4. The smallest absolute Gasteiger partial charge is 0.266 e. The number of para-hydroxylation sites is 2. The summed E-state index contributed by atoms with van der Waals surface area (Å²) in [4.78, 5) is 31.0. The lowest BCUT2D eigenvalue weighted by atomic mass is 10.0. The van der Waals surface area contributed by atoms with Gasteiger partial charge in [-0.15, -0.1) is 0 Å². The van der Waals surface area contributed by atoms with Crippen LogP contribution in [0.5, 0.6) is 0 Å². The highest BCUT2D eigenvalue weighted by Gasteiger charge is 2.18. The minimum Gasteiger partial charge on any atom is -0.324 e. The van der Waals surface area contributed by atoms with Gasteiger partial charge in [-0.05, 0) is 70.2 Å². The minimum absolute atomic E-state index is 0.120. The summed E-state index contributed by atoms with van der Waals surface area (Å²) in [6.07, 6.45) is 0. The summed E-state index contributed by atoms with van der Waals surface area (Å²) < 4.78 is 2.46. The fraction of sp³-hybridized carbons (Fsp3) is 0.192. The van der Waals surface area contributed by atoms with Gasteiger partial charge in [0.25, 0.3) is 5.56 Å². The molecule has 3 aromatic carbocycles. The third-order valence-corrected chi connectivity index (χ3v) is 6.87. The van der Waals surface area contributed by atoms with Crippen LogP contribution in [0.15, 0.2) is 81.2 Å². The highest BCUT2D eigenvalue weighted by Crippen LogP contribution is 2.28. The van der Waals surface area contributed by atoms with Gasteiger partial charge in [-0.3, -0.25) is 14.2 Å². The quantitative estimate of drug-likeness (QED) is 0.238. The summed E-state index contributed by atoms with van der Waals surface area (Å²) >= 11 is 4.74. The number of nitrogens with one attached hydrogen (secondary N) is 1. The van der Waals surface area contributed by atoms with E-state index in [4.69, 9.17) is 4.98 Å². The van der Waals surface area contributed by atoms with E-state index in [1.54, 1.807) is 10.6 Å². The van der Waals surface area contributed by atoms with Crippen LogP contribution in [0.25, 0.3) is 16.6 Å². The average molecular weight is 522 g/mol. The Morgan fingerprint density at radius 3 is 2.58 bits per heavy atom. The van der Waals surface area contributed by atoms with Crippen molar-refractivity contribution in [3.8, 4) is 5.69 Å². The first-order valence-electron chi connectivity index (χ1n) is 10.6. The molecule has 7 heteroatoms. The number of carbonyl (C=O) groups is 1. The number of nitrogens with zero attached hydrogens (tertiary/aromatic N) is 2. The molecule has 0 saturated heterocycles. The van der Waals surface area contributed by atoms with E-state index in [2.05, 4.69) is 35.1 Å². The van der Waals surface area contributed by atoms with E-state index in [-0.39, 0.29) is 23.1 Å². The fourth-order valence-electron chi connectivity index (χ4n) is 3.64. The lowest BCUT2D eigenvalue weighted by Gasteiger charge is -2.18. The second kappa shape index (κ2) is 9.93. The van der Waals surface area contributed by atoms with Crippen LogP contribution in [0.1, 0.15) is 30.9 Å². The SMILES string of the molecule is Cc1ccc(NC(=O)CSc2nc3ccccc3c(=O)n2-c2ccccc2C(C)C)c(Br)c1. The van der Waals surface area contributed by atoms with Crippen LogP contribution in [0, 0.1) is 6.92 Å². The Morgan fingerprint density at radius 1 is 1.09 bits per heavy atom. The summed E-state index contributed by atoms with van der Waals surface area (Å²) in [7, 11) is 0. The van der Waals surface area contributed by atoms with E-state index in [1.165, 1.54) is 11.8 Å². The normalized spacial score (nSPS) is 11.2. The molecule has 33 heavy (non-hydrogen) atoms. The van der Waals surface area contributed by atoms with Crippen molar-refractivity contribution >= 4 is 50.2 Å². The van der Waals surface area contributed by atoms with Gasteiger partial charge in [0.05, 0.1) is 28.0 Å². The van der Waals surface area contributed by atoms with E-state index in [1.807, 2.05) is 67.6 Å². The first-order chi connectivity index (χ1) is 15.8. The van der Waals surface area contributed by atoms with Gasteiger partial charge < -0.3 is 5.32 Å². The maximum atomic E-state index is 13.5. The number of hydrogen-bond donors (Lipinski definition) is 1. The summed E-state index contributed by atoms with van der Waals surface area (Å²) in [5.74, 6) is 0.171. The molecule has 1 heterocycles. The maximum absolute atomic E-state index is 13.5. The molecule has 0 bridgehead atoms. The zero-order chi connectivity index (χ0) is 23.5. The second-order valence-corrected chi connectivity index (χ2v) is 9.88. The molecule has 4 rings (SSSR count). The monoisotopic (exact) mass is 521 g/mol. The number of halogens is 1. The van der Waals surface area contributed by atoms with Gasteiger partial charge in [0, 0.05) is 4.47 Å². The predicted octanol–water partition coefficient (Wildman–Crippen LogP) is 6.31. The number of carbonyl (C=O) groups excluding carboxylic acids is 1. The average Bonchev–Trinajstić information content (AvgIpc) is 2.79. The van der Waals surface area contributed by atoms with Crippen LogP contribution in [0.3, 0.4) is 0 Å². The Morgan fingerprint density at radius 2 is 1.82 bits per heavy atom. The van der Waals surface area contributed by atoms with Gasteiger partial charge in [0.2, 0.25) is 5.91 Å². The van der Waals surface area contributed by atoms with Crippen molar-refractivity contribution < 1.29 is 4.79 Å². The number of aryl methyl sites for hydroxylation is 1. The number of rotatable bonds is 6. The number of amides is 1. The third-order valence-electron chi connectivity index (χ3n) is 5.28. The second-order valence-electron chi connectivity index (χ2n) is 8.09. The largest absolute Gasteiger partial charge is 0.324 e. The predicted molar refractivity (Wildman–Crippen MR) is 140 cm³/mol. The molecule has 0 aliphatic heterocycles. The van der Waals surface area contributed by atoms with Crippen LogP contribution < -0.4 is 10.9 Å². The van der Waals surface area contributed by atoms with Crippen molar-refractivity contribution in [1.29, 1.82) is 0 Å². The highest BCUT2D eigenvalue weighted by atomic mass is 79.9. The summed E-state index contributed by atoms with van der Waals surface area (Å²) in [5, 5.41) is 3.97. The highest BCUT2D eigenvalue weighted by molar-refractivity contribution is 9.10. The molecule has 0 spiro atoms. The van der Waals surface area contributed by atoms with Crippen molar-refractivity contribution in [2.45, 2.75) is 31.8 Å².